The van der Waals surface area contributed by atoms with Crippen molar-refractivity contribution in [1.82, 2.24) is 0 Å². The monoisotopic (exact) mass is 1180 g/mol. The van der Waals surface area contributed by atoms with Gasteiger partial charge in [0, 0.05) is 13.4 Å². The van der Waals surface area contributed by atoms with Crippen molar-refractivity contribution in [2.45, 2.75) is 7.43 Å². The van der Waals surface area contributed by atoms with Crippen molar-refractivity contribution >= 4 is 114 Å². The summed E-state index contributed by atoms with van der Waals surface area (Å²) in [5.41, 5.74) is 5.70. The van der Waals surface area contributed by atoms with Gasteiger partial charge in [-0.15, -0.1) is 0 Å². The number of benzene rings is 13. The van der Waals surface area contributed by atoms with E-state index in [1.807, 2.05) is 91.0 Å². The molecule has 0 radical (unpaired) electrons. The van der Waals surface area contributed by atoms with Gasteiger partial charge in [0.2, 0.25) is 0 Å². The van der Waals surface area contributed by atoms with Gasteiger partial charge in [-0.1, -0.05) is 316 Å². The number of fused-ring (bicyclic) bond motifs is 5. The fourth-order valence-electron chi connectivity index (χ4n) is 8.93. The van der Waals surface area contributed by atoms with E-state index < -0.39 is 42.8 Å². The van der Waals surface area contributed by atoms with Crippen LogP contribution in [0.5, 0.6) is 0 Å². The zero-order chi connectivity index (χ0) is 63.9. The average molecular weight is 1180 g/mol. The highest BCUT2D eigenvalue weighted by atomic mass is 79.9. The van der Waals surface area contributed by atoms with E-state index in [2.05, 4.69) is 139 Å². The number of rotatable bonds is 5. The minimum Gasteiger partial charge on any atom is -0.423 e. The maximum absolute atomic E-state index is 8.81. The summed E-state index contributed by atoms with van der Waals surface area (Å²) in [6.45, 7) is 0. The van der Waals surface area contributed by atoms with Crippen LogP contribution in [0.3, 0.4) is 0 Å². The lowest BCUT2D eigenvalue weighted by Crippen LogP contribution is -2.29. The SMILES string of the molecule is Brc1ccc(Br)c2ccccc12.C.[2H]c1c([2H])c([2H])c(-c2ccc(-c3c4ccccc4c(-c4ccccc4)c4ccccc34)c3ccccc23)c([2H])c1[2H].[2H]c1c([2H])c([2H])c(-c2ccc(Br)c3ccccc23)c([2H])c1[2H].[2H]c1c([2H])c([2H])c(B(O)O)c([2H])c1[2H]. The topological polar surface area (TPSA) is 40.5 Å². The molecule has 0 saturated heterocycles. The average Bonchev–Trinajstić information content (AvgIpc) is 1.80. The van der Waals surface area contributed by atoms with Gasteiger partial charge in [-0.25, -0.2) is 0 Å². The van der Waals surface area contributed by atoms with Crippen molar-refractivity contribution in [3.63, 3.8) is 0 Å². The maximum atomic E-state index is 8.81. The van der Waals surface area contributed by atoms with Gasteiger partial charge in [0.05, 0.1) is 20.6 Å². The number of halogens is 3. The van der Waals surface area contributed by atoms with Crippen molar-refractivity contribution in [1.29, 1.82) is 0 Å². The van der Waals surface area contributed by atoms with Crippen LogP contribution >= 0.6 is 47.8 Å². The lowest BCUT2D eigenvalue weighted by atomic mass is 9.81. The van der Waals surface area contributed by atoms with E-state index in [1.165, 1.54) is 16.3 Å². The second-order valence-corrected chi connectivity index (χ2v) is 19.1. The van der Waals surface area contributed by atoms with Gasteiger partial charge in [0.25, 0.3) is 0 Å². The molecule has 0 atom stereocenters. The fraction of sp³-hybridized carbons (Fsp3) is 0.0145. The summed E-state index contributed by atoms with van der Waals surface area (Å²) in [5, 5.41) is 28.3. The predicted molar refractivity (Wildman–Crippen MR) is 335 cm³/mol. The normalized spacial score (nSPS) is 13.4. The molecule has 0 aliphatic heterocycles. The van der Waals surface area contributed by atoms with Crippen molar-refractivity contribution < 1.29 is 30.6 Å². The molecule has 6 heteroatoms. The molecule has 364 valence electrons. The van der Waals surface area contributed by atoms with Crippen molar-refractivity contribution in [2.24, 2.45) is 0 Å². The molecule has 2 nitrogen and oxygen atoms in total. The molecular formula is C69H52BBr3O2. The van der Waals surface area contributed by atoms with Gasteiger partial charge < -0.3 is 10.0 Å². The Labute approximate surface area is 486 Å². The molecule has 0 spiro atoms. The second-order valence-electron chi connectivity index (χ2n) is 16.5. The van der Waals surface area contributed by atoms with Crippen molar-refractivity contribution in [2.75, 3.05) is 0 Å². The summed E-state index contributed by atoms with van der Waals surface area (Å²) in [7, 11) is -2.07. The standard InChI is InChI=1S/C36H24.C16H11Br.C10H6Br2.C6H7BO2.CH4/c1-3-13-25(14-4-1)27-23-24-34(29-18-8-7-17-28(27)29)36-32-21-11-9-19-30(32)35(26-15-5-2-6-16-26)31-20-10-12-22-33(31)36;17-16-11-10-13(12-6-2-1-3-7-12)14-8-4-5-9-15(14)16;11-9-5-6-10(12)8-4-2-1-3-7(8)9;8-7(9)6-4-2-1-3-5-6;/h1-24H;1-11H;1-6H;1-5,8-9H;1H4/i1D,3D,4D,13D,14D;1D,2D,3D,6D,7D;;1D,2D,3D,4D,5D;. The summed E-state index contributed by atoms with van der Waals surface area (Å²) in [6, 6.07) is 57.2. The molecule has 0 aliphatic rings. The molecule has 0 heterocycles. The molecule has 0 saturated carbocycles. The predicted octanol–water partition coefficient (Wildman–Crippen LogP) is 19.8. The third-order valence-electron chi connectivity index (χ3n) is 12.2. The van der Waals surface area contributed by atoms with Crippen molar-refractivity contribution in [3.05, 3.63) is 292 Å². The Kier molecular flexibility index (Phi) is 12.0. The highest BCUT2D eigenvalue weighted by molar-refractivity contribution is 9.11. The van der Waals surface area contributed by atoms with E-state index in [0.717, 1.165) is 73.2 Å². The van der Waals surface area contributed by atoms with Gasteiger partial charge >= 0.3 is 7.12 Å². The first-order chi connectivity index (χ1) is 42.6. The van der Waals surface area contributed by atoms with E-state index in [0.29, 0.717) is 11.1 Å². The van der Waals surface area contributed by atoms with Gasteiger partial charge in [-0.05, 0) is 122 Å². The Bertz CT molecular complexity index is 4770. The molecule has 0 fully saturated rings. The van der Waals surface area contributed by atoms with Crippen molar-refractivity contribution in [3.8, 4) is 44.5 Å². The largest absolute Gasteiger partial charge is 0.488 e. The summed E-state index contributed by atoms with van der Waals surface area (Å²) >= 11 is 10.5. The first-order valence-corrected chi connectivity index (χ1v) is 25.5. The highest BCUT2D eigenvalue weighted by Gasteiger charge is 2.19. The summed E-state index contributed by atoms with van der Waals surface area (Å²) in [5.74, 6) is 0. The lowest BCUT2D eigenvalue weighted by Gasteiger charge is -2.19. The zero-order valence-electron chi connectivity index (χ0n) is 54.0. The van der Waals surface area contributed by atoms with E-state index in [1.54, 1.807) is 6.07 Å². The quantitative estimate of drug-likeness (QED) is 0.133. The molecule has 13 aromatic carbocycles. The first kappa shape index (κ1) is 36.5. The van der Waals surface area contributed by atoms with Crippen LogP contribution < -0.4 is 5.46 Å². The molecule has 0 aromatic heterocycles. The van der Waals surface area contributed by atoms with E-state index in [4.69, 9.17) is 30.6 Å². The van der Waals surface area contributed by atoms with Crippen LogP contribution in [-0.2, 0) is 0 Å². The molecule has 0 amide bonds. The van der Waals surface area contributed by atoms with E-state index >= 15 is 0 Å². The molecule has 13 aromatic rings. The van der Waals surface area contributed by atoms with Gasteiger partial charge in [-0.3, -0.25) is 0 Å². The van der Waals surface area contributed by atoms with Crippen LogP contribution in [0, 0.1) is 0 Å². The van der Waals surface area contributed by atoms with Crippen LogP contribution in [-0.4, -0.2) is 17.2 Å². The molecular weight excluding hydrogens is 1110 g/mol. The zero-order valence-corrected chi connectivity index (χ0v) is 43.8. The van der Waals surface area contributed by atoms with Crippen LogP contribution in [0.25, 0.3) is 98.4 Å². The number of hydrogen-bond donors (Lipinski definition) is 2. The summed E-state index contributed by atoms with van der Waals surface area (Å²) < 4.78 is 121. The number of hydrogen-bond acceptors (Lipinski definition) is 2. The molecule has 75 heavy (non-hydrogen) atoms. The Morgan fingerprint density at radius 1 is 0.280 bits per heavy atom. The fourth-order valence-corrected chi connectivity index (χ4v) is 10.4. The van der Waals surface area contributed by atoms with Gasteiger partial charge in [-0.2, -0.15) is 0 Å². The smallest absolute Gasteiger partial charge is 0.423 e. The molecule has 0 aliphatic carbocycles. The van der Waals surface area contributed by atoms with E-state index in [9.17, 15) is 0 Å². The maximum Gasteiger partial charge on any atom is 0.488 e. The molecule has 2 N–H and O–H groups in total. The Morgan fingerprint density at radius 3 is 1.00 bits per heavy atom. The third kappa shape index (κ3) is 11.6. The van der Waals surface area contributed by atoms with Crippen LogP contribution in [0.4, 0.5) is 0 Å². The minimum atomic E-state index is -2.07. The Hall–Kier alpha value is -7.42. The van der Waals surface area contributed by atoms with Crippen LogP contribution in [0.2, 0.25) is 0 Å². The van der Waals surface area contributed by atoms with E-state index in [-0.39, 0.29) is 79.0 Å². The van der Waals surface area contributed by atoms with Gasteiger partial charge in [0.15, 0.2) is 0 Å². The Balaban J connectivity index is 0.000000163. The Morgan fingerprint density at radius 2 is 0.573 bits per heavy atom. The summed E-state index contributed by atoms with van der Waals surface area (Å²) in [4.78, 5) is 0. The first-order valence-electron chi connectivity index (χ1n) is 30.7. The molecule has 13 rings (SSSR count). The molecule has 0 bridgehead atoms. The van der Waals surface area contributed by atoms with Crippen LogP contribution in [0.1, 0.15) is 28.0 Å². The summed E-state index contributed by atoms with van der Waals surface area (Å²) in [6.07, 6.45) is 0. The molecule has 0 unspecified atom stereocenters. The van der Waals surface area contributed by atoms with Crippen LogP contribution in [0.15, 0.2) is 292 Å². The highest BCUT2D eigenvalue weighted by Crippen LogP contribution is 2.46. The van der Waals surface area contributed by atoms with Gasteiger partial charge in [0.1, 0.15) is 0 Å². The minimum absolute atomic E-state index is 0. The lowest BCUT2D eigenvalue weighted by molar-refractivity contribution is 0.426. The third-order valence-corrected chi connectivity index (χ3v) is 14.3. The second kappa shape index (κ2) is 24.7.